The van der Waals surface area contributed by atoms with E-state index in [0.717, 1.165) is 5.56 Å². The van der Waals surface area contributed by atoms with Gasteiger partial charge in [-0.25, -0.2) is 0 Å². The smallest absolute Gasteiger partial charge is 0.291 e. The SMILES string of the molecule is CC[C@H](C)N1C(=O)[C@@H]2[C@@H]([C@@H](C)O)[NH2+][C@@]3(C(=O)Nc4c3ccc(Cl)c4C)[C@@H]2C1=O. The van der Waals surface area contributed by atoms with Gasteiger partial charge < -0.3 is 15.7 Å². The van der Waals surface area contributed by atoms with E-state index >= 15 is 0 Å². The lowest BCUT2D eigenvalue weighted by molar-refractivity contribution is -0.738. The zero-order valence-electron chi connectivity index (χ0n) is 16.3. The van der Waals surface area contributed by atoms with Gasteiger partial charge in [-0.05, 0) is 44.9 Å². The molecule has 4 rings (SSSR count). The van der Waals surface area contributed by atoms with Crippen LogP contribution in [0.25, 0.3) is 0 Å². The number of carbonyl (C=O) groups is 3. The second-order valence-electron chi connectivity index (χ2n) is 8.21. The number of nitrogens with one attached hydrogen (secondary N) is 1. The molecule has 0 bridgehead atoms. The molecule has 4 N–H and O–H groups in total. The molecular weight excluding hydrogens is 382 g/mol. The predicted octanol–water partition coefficient (Wildman–Crippen LogP) is 0.522. The van der Waals surface area contributed by atoms with Crippen molar-refractivity contribution in [3.05, 3.63) is 28.3 Å². The van der Waals surface area contributed by atoms with Gasteiger partial charge in [-0.15, -0.1) is 0 Å². The molecule has 0 aromatic heterocycles. The standard InChI is InChI=1S/C20H24ClN3O4/c1-5-8(2)24-17(26)13-14(18(24)27)20(23-16(13)10(4)25)11-6-7-12(21)9(3)15(11)22-19(20)28/h6-8,10,13-14,16,23,25H,5H2,1-4H3,(H,22,28)/p+1/t8-,10+,13-,14-,16+,20+/m0/s1. The van der Waals surface area contributed by atoms with Gasteiger partial charge in [0.15, 0.2) is 0 Å². The average molecular weight is 407 g/mol. The number of anilines is 1. The molecule has 0 saturated carbocycles. The largest absolute Gasteiger partial charge is 0.387 e. The molecular formula is C20H25ClN3O4+. The van der Waals surface area contributed by atoms with Crippen molar-refractivity contribution in [2.24, 2.45) is 11.8 Å². The maximum Gasteiger partial charge on any atom is 0.291 e. The van der Waals surface area contributed by atoms with Gasteiger partial charge in [-0.2, -0.15) is 0 Å². The van der Waals surface area contributed by atoms with E-state index in [2.05, 4.69) is 5.32 Å². The summed E-state index contributed by atoms with van der Waals surface area (Å²) in [6, 6.07) is 2.63. The molecule has 0 aliphatic carbocycles. The molecule has 1 aromatic carbocycles. The minimum absolute atomic E-state index is 0.256. The van der Waals surface area contributed by atoms with Gasteiger partial charge in [0.25, 0.3) is 5.91 Å². The van der Waals surface area contributed by atoms with Crippen molar-refractivity contribution in [1.82, 2.24) is 4.90 Å². The molecule has 0 radical (unpaired) electrons. The Balaban J connectivity index is 1.93. The topological polar surface area (TPSA) is 103 Å². The fourth-order valence-electron chi connectivity index (χ4n) is 5.15. The zero-order valence-corrected chi connectivity index (χ0v) is 17.1. The summed E-state index contributed by atoms with van der Waals surface area (Å²) in [5.41, 5.74) is 0.711. The summed E-state index contributed by atoms with van der Waals surface area (Å²) in [5, 5.41) is 15.5. The molecule has 6 atom stereocenters. The normalized spacial score (nSPS) is 33.3. The van der Waals surface area contributed by atoms with Crippen LogP contribution < -0.4 is 10.6 Å². The first-order valence-electron chi connectivity index (χ1n) is 9.68. The number of hydrogen-bond acceptors (Lipinski definition) is 4. The van der Waals surface area contributed by atoms with Crippen molar-refractivity contribution in [2.45, 2.75) is 57.8 Å². The summed E-state index contributed by atoms with van der Waals surface area (Å²) in [5.74, 6) is -2.56. The second-order valence-corrected chi connectivity index (χ2v) is 8.62. The minimum Gasteiger partial charge on any atom is -0.387 e. The quantitative estimate of drug-likeness (QED) is 0.637. The summed E-state index contributed by atoms with van der Waals surface area (Å²) in [6.07, 6.45) is -0.226. The third-order valence-corrected chi connectivity index (χ3v) is 7.20. The number of fused-ring (bicyclic) bond motifs is 4. The highest BCUT2D eigenvalue weighted by Crippen LogP contribution is 2.51. The van der Waals surface area contributed by atoms with Gasteiger partial charge in [-0.3, -0.25) is 19.3 Å². The van der Waals surface area contributed by atoms with Gasteiger partial charge in [0.2, 0.25) is 17.4 Å². The number of benzene rings is 1. The summed E-state index contributed by atoms with van der Waals surface area (Å²) in [7, 11) is 0. The Hall–Kier alpha value is -1.96. The second kappa shape index (κ2) is 6.27. The first kappa shape index (κ1) is 19.4. The average Bonchev–Trinajstić information content (AvgIpc) is 3.24. The highest BCUT2D eigenvalue weighted by molar-refractivity contribution is 6.32. The predicted molar refractivity (Wildman–Crippen MR) is 102 cm³/mol. The number of aliphatic hydroxyl groups excluding tert-OH is 1. The number of imide groups is 1. The summed E-state index contributed by atoms with van der Waals surface area (Å²) >= 11 is 6.23. The highest BCUT2D eigenvalue weighted by atomic mass is 35.5. The lowest BCUT2D eigenvalue weighted by Gasteiger charge is -2.29. The Morgan fingerprint density at radius 1 is 1.29 bits per heavy atom. The molecule has 1 aromatic rings. The molecule has 3 amide bonds. The van der Waals surface area contributed by atoms with Crippen LogP contribution in [0.3, 0.4) is 0 Å². The Morgan fingerprint density at radius 2 is 1.96 bits per heavy atom. The van der Waals surface area contributed by atoms with Crippen molar-refractivity contribution in [3.8, 4) is 0 Å². The first-order chi connectivity index (χ1) is 13.2. The van der Waals surface area contributed by atoms with Crippen LogP contribution in [0, 0.1) is 18.8 Å². The Kier molecular flexibility index (Phi) is 4.34. The molecule has 3 aliphatic rings. The molecule has 3 heterocycles. The van der Waals surface area contributed by atoms with E-state index in [1.165, 1.54) is 4.90 Å². The van der Waals surface area contributed by atoms with Crippen LogP contribution in [0.1, 0.15) is 38.3 Å². The molecule has 7 nitrogen and oxygen atoms in total. The van der Waals surface area contributed by atoms with Crippen LogP contribution in [0.4, 0.5) is 5.69 Å². The number of hydrogen-bond donors (Lipinski definition) is 3. The fourth-order valence-corrected chi connectivity index (χ4v) is 5.31. The van der Waals surface area contributed by atoms with Gasteiger partial charge >= 0.3 is 0 Å². The number of amides is 3. The van der Waals surface area contributed by atoms with E-state index in [4.69, 9.17) is 11.6 Å². The summed E-state index contributed by atoms with van der Waals surface area (Å²) in [4.78, 5) is 41.2. The van der Waals surface area contributed by atoms with Crippen LogP contribution in [0.2, 0.25) is 5.02 Å². The first-order valence-corrected chi connectivity index (χ1v) is 10.1. The molecule has 150 valence electrons. The van der Waals surface area contributed by atoms with E-state index < -0.39 is 29.5 Å². The van der Waals surface area contributed by atoms with E-state index in [9.17, 15) is 19.5 Å². The zero-order chi connectivity index (χ0) is 20.5. The van der Waals surface area contributed by atoms with Gasteiger partial charge in [0.1, 0.15) is 24.0 Å². The molecule has 1 spiro atoms. The van der Waals surface area contributed by atoms with Crippen molar-refractivity contribution in [1.29, 1.82) is 0 Å². The molecule has 2 saturated heterocycles. The van der Waals surface area contributed by atoms with Crippen LogP contribution in [-0.4, -0.2) is 45.9 Å². The fraction of sp³-hybridized carbons (Fsp3) is 0.550. The minimum atomic E-state index is -1.27. The van der Waals surface area contributed by atoms with Crippen molar-refractivity contribution >= 4 is 35.0 Å². The van der Waals surface area contributed by atoms with Crippen molar-refractivity contribution in [3.63, 3.8) is 0 Å². The van der Waals surface area contributed by atoms with Crippen LogP contribution in [0.15, 0.2) is 12.1 Å². The summed E-state index contributed by atoms with van der Waals surface area (Å²) in [6.45, 7) is 7.15. The van der Waals surface area contributed by atoms with Gasteiger partial charge in [0.05, 0.1) is 5.69 Å². The maximum absolute atomic E-state index is 13.4. The highest BCUT2D eigenvalue weighted by Gasteiger charge is 2.75. The number of nitrogens with zero attached hydrogens (tertiary/aromatic N) is 1. The van der Waals surface area contributed by atoms with Crippen LogP contribution in [-0.2, 0) is 19.9 Å². The van der Waals surface area contributed by atoms with Crippen molar-refractivity contribution < 1.29 is 24.8 Å². The number of halogens is 1. The Bertz CT molecular complexity index is 902. The molecule has 0 unspecified atom stereocenters. The molecule has 3 aliphatic heterocycles. The molecule has 2 fully saturated rings. The maximum atomic E-state index is 13.4. The van der Waals surface area contributed by atoms with Crippen LogP contribution in [0.5, 0.6) is 0 Å². The molecule has 28 heavy (non-hydrogen) atoms. The number of quaternary nitrogens is 1. The van der Waals surface area contributed by atoms with E-state index in [1.54, 1.807) is 24.4 Å². The summed E-state index contributed by atoms with van der Waals surface area (Å²) < 4.78 is 0. The lowest BCUT2D eigenvalue weighted by Crippen LogP contribution is -3.00. The van der Waals surface area contributed by atoms with Crippen LogP contribution >= 0.6 is 11.6 Å². The Labute approximate surface area is 168 Å². The van der Waals surface area contributed by atoms with E-state index in [1.807, 2.05) is 20.8 Å². The number of nitrogens with two attached hydrogens (primary N) is 1. The third kappa shape index (κ3) is 2.21. The third-order valence-electron chi connectivity index (χ3n) is 6.79. The van der Waals surface area contributed by atoms with E-state index in [-0.39, 0.29) is 23.8 Å². The number of likely N-dealkylation sites (tertiary alicyclic amines) is 1. The lowest BCUT2D eigenvalue weighted by atomic mass is 9.76. The molecule has 8 heteroatoms. The van der Waals surface area contributed by atoms with Crippen molar-refractivity contribution in [2.75, 3.05) is 5.32 Å². The number of rotatable bonds is 3. The van der Waals surface area contributed by atoms with E-state index in [0.29, 0.717) is 22.7 Å². The monoisotopic (exact) mass is 406 g/mol. The van der Waals surface area contributed by atoms with Gasteiger partial charge in [0, 0.05) is 16.6 Å². The Morgan fingerprint density at radius 3 is 2.57 bits per heavy atom. The number of carbonyl (C=O) groups excluding carboxylic acids is 3. The number of aliphatic hydroxyl groups is 1. The van der Waals surface area contributed by atoms with Gasteiger partial charge in [-0.1, -0.05) is 18.5 Å².